The molecule has 0 aromatic heterocycles. The summed E-state index contributed by atoms with van der Waals surface area (Å²) in [7, 11) is 0. The zero-order chi connectivity index (χ0) is 11.4. The third-order valence-corrected chi connectivity index (χ3v) is 4.55. The number of anilines is 1. The number of benzene rings is 1. The molecule has 1 N–H and O–H groups in total. The Kier molecular flexibility index (Phi) is 4.28. The molecule has 1 nitrogen and oxygen atoms in total. The quantitative estimate of drug-likeness (QED) is 0.843. The van der Waals surface area contributed by atoms with E-state index in [0.29, 0.717) is 0 Å². The fourth-order valence-corrected chi connectivity index (χ4v) is 2.83. The SMILES string of the molecule is Cc1cccc(NCC2CCCCC2)c1Br. The van der Waals surface area contributed by atoms with Gasteiger partial charge in [0.05, 0.1) is 0 Å². The molecule has 0 unspecified atom stereocenters. The van der Waals surface area contributed by atoms with Crippen LogP contribution in [-0.2, 0) is 0 Å². The van der Waals surface area contributed by atoms with E-state index in [1.807, 2.05) is 0 Å². The van der Waals surface area contributed by atoms with E-state index >= 15 is 0 Å². The van der Waals surface area contributed by atoms with Crippen molar-refractivity contribution >= 4 is 21.6 Å². The first-order valence-electron chi connectivity index (χ1n) is 6.26. The second-order valence-electron chi connectivity index (χ2n) is 4.82. The van der Waals surface area contributed by atoms with Gasteiger partial charge in [-0.15, -0.1) is 0 Å². The molecular formula is C14H20BrN. The summed E-state index contributed by atoms with van der Waals surface area (Å²) in [6.07, 6.45) is 7.07. The highest BCUT2D eigenvalue weighted by atomic mass is 79.9. The topological polar surface area (TPSA) is 12.0 Å². The van der Waals surface area contributed by atoms with Crippen molar-refractivity contribution in [3.63, 3.8) is 0 Å². The molecule has 88 valence electrons. The van der Waals surface area contributed by atoms with Gasteiger partial charge in [0.15, 0.2) is 0 Å². The molecule has 0 radical (unpaired) electrons. The molecule has 2 heteroatoms. The molecule has 16 heavy (non-hydrogen) atoms. The van der Waals surface area contributed by atoms with Gasteiger partial charge in [0.2, 0.25) is 0 Å². The van der Waals surface area contributed by atoms with Crippen LogP contribution in [0.3, 0.4) is 0 Å². The van der Waals surface area contributed by atoms with Crippen molar-refractivity contribution in [2.75, 3.05) is 11.9 Å². The zero-order valence-corrected chi connectivity index (χ0v) is 11.5. The van der Waals surface area contributed by atoms with Gasteiger partial charge in [-0.1, -0.05) is 31.4 Å². The summed E-state index contributed by atoms with van der Waals surface area (Å²) in [6.45, 7) is 3.26. The molecule has 0 bridgehead atoms. The van der Waals surface area contributed by atoms with Gasteiger partial charge in [-0.3, -0.25) is 0 Å². The maximum Gasteiger partial charge on any atom is 0.0487 e. The lowest BCUT2D eigenvalue weighted by Crippen LogP contribution is -2.17. The first-order valence-corrected chi connectivity index (χ1v) is 7.05. The van der Waals surface area contributed by atoms with Crippen LogP contribution in [-0.4, -0.2) is 6.54 Å². The van der Waals surface area contributed by atoms with E-state index in [4.69, 9.17) is 0 Å². The largest absolute Gasteiger partial charge is 0.384 e. The van der Waals surface area contributed by atoms with Crippen molar-refractivity contribution in [1.82, 2.24) is 0 Å². The first kappa shape index (κ1) is 12.0. The molecule has 0 atom stereocenters. The molecule has 0 saturated heterocycles. The normalized spacial score (nSPS) is 17.4. The fourth-order valence-electron chi connectivity index (χ4n) is 2.43. The van der Waals surface area contributed by atoms with E-state index in [1.165, 1.54) is 47.8 Å². The van der Waals surface area contributed by atoms with E-state index in [-0.39, 0.29) is 0 Å². The summed E-state index contributed by atoms with van der Waals surface area (Å²) in [5.74, 6) is 0.876. The Morgan fingerprint density at radius 3 is 2.75 bits per heavy atom. The van der Waals surface area contributed by atoms with Crippen LogP contribution >= 0.6 is 15.9 Å². The van der Waals surface area contributed by atoms with Gasteiger partial charge in [0.1, 0.15) is 0 Å². The number of nitrogens with one attached hydrogen (secondary N) is 1. The predicted molar refractivity (Wildman–Crippen MR) is 73.9 cm³/mol. The fraction of sp³-hybridized carbons (Fsp3) is 0.571. The van der Waals surface area contributed by atoms with Gasteiger partial charge in [0.25, 0.3) is 0 Å². The monoisotopic (exact) mass is 281 g/mol. The Labute approximate surface area is 107 Å². The molecule has 2 rings (SSSR count). The van der Waals surface area contributed by atoms with Crippen LogP contribution in [0.4, 0.5) is 5.69 Å². The third kappa shape index (κ3) is 3.00. The molecule has 0 heterocycles. The second kappa shape index (κ2) is 5.72. The highest BCUT2D eigenvalue weighted by Gasteiger charge is 2.13. The van der Waals surface area contributed by atoms with Crippen molar-refractivity contribution in [1.29, 1.82) is 0 Å². The maximum atomic E-state index is 3.64. The summed E-state index contributed by atoms with van der Waals surface area (Å²) in [5.41, 5.74) is 2.54. The van der Waals surface area contributed by atoms with E-state index < -0.39 is 0 Å². The number of aryl methyl sites for hydroxylation is 1. The van der Waals surface area contributed by atoms with Crippen molar-refractivity contribution < 1.29 is 0 Å². The van der Waals surface area contributed by atoms with Gasteiger partial charge in [-0.25, -0.2) is 0 Å². The molecular weight excluding hydrogens is 262 g/mol. The van der Waals surface area contributed by atoms with E-state index in [2.05, 4.69) is 46.4 Å². The zero-order valence-electron chi connectivity index (χ0n) is 9.93. The van der Waals surface area contributed by atoms with Crippen LogP contribution in [0, 0.1) is 12.8 Å². The minimum atomic E-state index is 0.876. The van der Waals surface area contributed by atoms with Crippen molar-refractivity contribution in [3.8, 4) is 0 Å². The summed E-state index contributed by atoms with van der Waals surface area (Å²) in [6, 6.07) is 6.40. The first-order chi connectivity index (χ1) is 7.77. The Bertz CT molecular complexity index is 343. The number of hydrogen-bond acceptors (Lipinski definition) is 1. The lowest BCUT2D eigenvalue weighted by Gasteiger charge is -2.22. The Morgan fingerprint density at radius 2 is 2.00 bits per heavy atom. The summed E-state index contributed by atoms with van der Waals surface area (Å²) in [5, 5.41) is 3.58. The number of hydrogen-bond donors (Lipinski definition) is 1. The highest BCUT2D eigenvalue weighted by molar-refractivity contribution is 9.10. The molecule has 1 fully saturated rings. The minimum Gasteiger partial charge on any atom is -0.384 e. The lowest BCUT2D eigenvalue weighted by molar-refractivity contribution is 0.373. The molecule has 1 aliphatic carbocycles. The molecule has 1 aromatic carbocycles. The molecule has 1 saturated carbocycles. The molecule has 0 spiro atoms. The summed E-state index contributed by atoms with van der Waals surface area (Å²) < 4.78 is 1.21. The van der Waals surface area contributed by atoms with Crippen LogP contribution in [0.5, 0.6) is 0 Å². The standard InChI is InChI=1S/C14H20BrN/c1-11-6-5-9-13(14(11)15)16-10-12-7-3-2-4-8-12/h5-6,9,12,16H,2-4,7-8,10H2,1H3. The number of halogens is 1. The van der Waals surface area contributed by atoms with Crippen LogP contribution in [0.2, 0.25) is 0 Å². The number of rotatable bonds is 3. The Morgan fingerprint density at radius 1 is 1.25 bits per heavy atom. The smallest absolute Gasteiger partial charge is 0.0487 e. The van der Waals surface area contributed by atoms with E-state index in [9.17, 15) is 0 Å². The van der Waals surface area contributed by atoms with E-state index in [0.717, 1.165) is 12.5 Å². The van der Waals surface area contributed by atoms with Gasteiger partial charge < -0.3 is 5.32 Å². The van der Waals surface area contributed by atoms with Crippen molar-refractivity contribution in [2.24, 2.45) is 5.92 Å². The Balaban J connectivity index is 1.91. The molecule has 0 aliphatic heterocycles. The average molecular weight is 282 g/mol. The van der Waals surface area contributed by atoms with Crippen LogP contribution in [0.25, 0.3) is 0 Å². The van der Waals surface area contributed by atoms with Gasteiger partial charge in [-0.2, -0.15) is 0 Å². The maximum absolute atomic E-state index is 3.64. The molecule has 1 aliphatic rings. The van der Waals surface area contributed by atoms with Crippen molar-refractivity contribution in [2.45, 2.75) is 39.0 Å². The van der Waals surface area contributed by atoms with Gasteiger partial charge in [-0.05, 0) is 53.2 Å². The molecule has 1 aromatic rings. The summed E-state index contributed by atoms with van der Waals surface area (Å²) in [4.78, 5) is 0. The lowest BCUT2D eigenvalue weighted by atomic mass is 9.89. The van der Waals surface area contributed by atoms with Crippen LogP contribution in [0.1, 0.15) is 37.7 Å². The van der Waals surface area contributed by atoms with Crippen molar-refractivity contribution in [3.05, 3.63) is 28.2 Å². The van der Waals surface area contributed by atoms with Crippen LogP contribution < -0.4 is 5.32 Å². The Hall–Kier alpha value is -0.500. The van der Waals surface area contributed by atoms with Gasteiger partial charge in [0, 0.05) is 16.7 Å². The van der Waals surface area contributed by atoms with E-state index in [1.54, 1.807) is 0 Å². The average Bonchev–Trinajstić information content (AvgIpc) is 2.32. The third-order valence-electron chi connectivity index (χ3n) is 3.50. The molecule has 0 amide bonds. The minimum absolute atomic E-state index is 0.876. The highest BCUT2D eigenvalue weighted by Crippen LogP contribution is 2.28. The van der Waals surface area contributed by atoms with Crippen LogP contribution in [0.15, 0.2) is 22.7 Å². The predicted octanol–water partition coefficient (Wildman–Crippen LogP) is 4.75. The second-order valence-corrected chi connectivity index (χ2v) is 5.61. The summed E-state index contributed by atoms with van der Waals surface area (Å²) >= 11 is 3.64. The van der Waals surface area contributed by atoms with Gasteiger partial charge >= 0.3 is 0 Å².